The Labute approximate surface area is 81.5 Å². The highest BCUT2D eigenvalue weighted by Crippen LogP contribution is 2.12. The van der Waals surface area contributed by atoms with Crippen LogP contribution in [0.2, 0.25) is 5.02 Å². The van der Waals surface area contributed by atoms with Crippen LogP contribution in [0.15, 0.2) is 24.3 Å². The Morgan fingerprint density at radius 3 is 2.85 bits per heavy atom. The first-order valence-electron chi connectivity index (χ1n) is 3.96. The van der Waals surface area contributed by atoms with E-state index in [1.54, 1.807) is 24.3 Å². The van der Waals surface area contributed by atoms with E-state index in [0.717, 1.165) is 6.29 Å². The number of carbonyl (C=O) groups is 2. The summed E-state index contributed by atoms with van der Waals surface area (Å²) >= 11 is 5.70. The van der Waals surface area contributed by atoms with Gasteiger partial charge in [0, 0.05) is 23.4 Å². The van der Waals surface area contributed by atoms with Crippen molar-refractivity contribution in [3.8, 4) is 0 Å². The molecule has 0 aliphatic rings. The van der Waals surface area contributed by atoms with Crippen molar-refractivity contribution in [2.75, 3.05) is 0 Å². The third-order valence-corrected chi connectivity index (χ3v) is 1.87. The van der Waals surface area contributed by atoms with Crippen LogP contribution < -0.4 is 0 Å². The summed E-state index contributed by atoms with van der Waals surface area (Å²) in [7, 11) is 0. The normalized spacial score (nSPS) is 9.62. The summed E-state index contributed by atoms with van der Waals surface area (Å²) in [5.41, 5.74) is 0.564. The average Bonchev–Trinajstić information content (AvgIpc) is 2.14. The minimum Gasteiger partial charge on any atom is -0.303 e. The van der Waals surface area contributed by atoms with Crippen molar-refractivity contribution in [1.29, 1.82) is 0 Å². The number of aldehydes is 1. The Balaban J connectivity index is 2.71. The van der Waals surface area contributed by atoms with Gasteiger partial charge in [0.25, 0.3) is 0 Å². The summed E-state index contributed by atoms with van der Waals surface area (Å²) in [6.45, 7) is 0. The van der Waals surface area contributed by atoms with Crippen LogP contribution in [0, 0.1) is 0 Å². The Morgan fingerprint density at radius 2 is 2.23 bits per heavy atom. The summed E-state index contributed by atoms with van der Waals surface area (Å²) < 4.78 is 0. The molecule has 0 radical (unpaired) electrons. The molecule has 0 bridgehead atoms. The van der Waals surface area contributed by atoms with Crippen molar-refractivity contribution in [2.24, 2.45) is 0 Å². The molecule has 0 saturated carbocycles. The second-order valence-corrected chi connectivity index (χ2v) is 3.08. The third-order valence-electron chi connectivity index (χ3n) is 1.64. The van der Waals surface area contributed by atoms with Gasteiger partial charge in [-0.05, 0) is 12.1 Å². The van der Waals surface area contributed by atoms with Crippen LogP contribution in [0.3, 0.4) is 0 Å². The smallest absolute Gasteiger partial charge is 0.163 e. The van der Waals surface area contributed by atoms with Crippen molar-refractivity contribution in [3.63, 3.8) is 0 Å². The molecule has 0 spiro atoms. The molecule has 68 valence electrons. The Hall–Kier alpha value is -1.15. The molecule has 3 heteroatoms. The standard InChI is InChI=1S/C10H9ClO2/c11-9-4-1-3-8(7-9)10(13)5-2-6-12/h1,3-4,6-7H,2,5H2. The molecule has 0 aliphatic heterocycles. The van der Waals surface area contributed by atoms with Gasteiger partial charge >= 0.3 is 0 Å². The van der Waals surface area contributed by atoms with E-state index >= 15 is 0 Å². The fraction of sp³-hybridized carbons (Fsp3) is 0.200. The highest BCUT2D eigenvalue weighted by Gasteiger charge is 2.04. The number of benzene rings is 1. The first-order chi connectivity index (χ1) is 6.24. The predicted molar refractivity (Wildman–Crippen MR) is 51.1 cm³/mol. The number of hydrogen-bond acceptors (Lipinski definition) is 2. The molecule has 0 aliphatic carbocycles. The minimum absolute atomic E-state index is 0.0467. The largest absolute Gasteiger partial charge is 0.303 e. The molecule has 0 amide bonds. The predicted octanol–water partition coefficient (Wildman–Crippen LogP) is 2.50. The monoisotopic (exact) mass is 196 g/mol. The van der Waals surface area contributed by atoms with Crippen LogP contribution in [-0.2, 0) is 4.79 Å². The van der Waals surface area contributed by atoms with E-state index in [9.17, 15) is 9.59 Å². The lowest BCUT2D eigenvalue weighted by atomic mass is 10.1. The average molecular weight is 197 g/mol. The molecule has 0 atom stereocenters. The van der Waals surface area contributed by atoms with Crippen molar-refractivity contribution < 1.29 is 9.59 Å². The fourth-order valence-electron chi connectivity index (χ4n) is 0.996. The zero-order valence-electron chi connectivity index (χ0n) is 7.00. The Morgan fingerprint density at radius 1 is 1.46 bits per heavy atom. The van der Waals surface area contributed by atoms with Gasteiger partial charge in [-0.1, -0.05) is 23.7 Å². The van der Waals surface area contributed by atoms with E-state index in [2.05, 4.69) is 0 Å². The Kier molecular flexibility index (Phi) is 3.65. The van der Waals surface area contributed by atoms with Gasteiger partial charge in [-0.2, -0.15) is 0 Å². The van der Waals surface area contributed by atoms with E-state index in [4.69, 9.17) is 11.6 Å². The summed E-state index contributed by atoms with van der Waals surface area (Å²) in [6.07, 6.45) is 1.26. The van der Waals surface area contributed by atoms with E-state index in [0.29, 0.717) is 10.6 Å². The summed E-state index contributed by atoms with van der Waals surface area (Å²) in [4.78, 5) is 21.4. The van der Waals surface area contributed by atoms with Gasteiger partial charge in [0.1, 0.15) is 6.29 Å². The van der Waals surface area contributed by atoms with Crippen LogP contribution in [0.5, 0.6) is 0 Å². The number of ketones is 1. The lowest BCUT2D eigenvalue weighted by Crippen LogP contribution is -1.98. The van der Waals surface area contributed by atoms with E-state index in [1.165, 1.54) is 0 Å². The first kappa shape index (κ1) is 9.93. The number of Topliss-reactive ketones (excluding diaryl/α,β-unsaturated/α-hetero) is 1. The molecule has 13 heavy (non-hydrogen) atoms. The van der Waals surface area contributed by atoms with Gasteiger partial charge in [-0.25, -0.2) is 0 Å². The number of hydrogen-bond donors (Lipinski definition) is 0. The van der Waals surface area contributed by atoms with Crippen molar-refractivity contribution in [3.05, 3.63) is 34.9 Å². The number of rotatable bonds is 4. The van der Waals surface area contributed by atoms with E-state index < -0.39 is 0 Å². The molecule has 0 N–H and O–H groups in total. The van der Waals surface area contributed by atoms with E-state index in [-0.39, 0.29) is 18.6 Å². The van der Waals surface area contributed by atoms with Gasteiger partial charge in [0.15, 0.2) is 5.78 Å². The molecule has 1 aromatic rings. The van der Waals surface area contributed by atoms with Gasteiger partial charge in [-0.3, -0.25) is 4.79 Å². The van der Waals surface area contributed by atoms with Gasteiger partial charge in [0.2, 0.25) is 0 Å². The van der Waals surface area contributed by atoms with Crippen LogP contribution in [0.1, 0.15) is 23.2 Å². The summed E-state index contributed by atoms with van der Waals surface area (Å²) in [5.74, 6) is -0.0467. The maximum absolute atomic E-state index is 11.3. The van der Waals surface area contributed by atoms with Crippen molar-refractivity contribution in [2.45, 2.75) is 12.8 Å². The lowest BCUT2D eigenvalue weighted by Gasteiger charge is -1.98. The number of halogens is 1. The SMILES string of the molecule is O=CCCC(=O)c1cccc(Cl)c1. The molecule has 1 aromatic carbocycles. The molecule has 0 heterocycles. The summed E-state index contributed by atoms with van der Waals surface area (Å²) in [6, 6.07) is 6.72. The molecule has 0 unspecified atom stereocenters. The van der Waals surface area contributed by atoms with Crippen LogP contribution in [-0.4, -0.2) is 12.1 Å². The minimum atomic E-state index is -0.0467. The highest BCUT2D eigenvalue weighted by molar-refractivity contribution is 6.31. The van der Waals surface area contributed by atoms with Crippen LogP contribution in [0.25, 0.3) is 0 Å². The second kappa shape index (κ2) is 4.77. The molecular weight excluding hydrogens is 188 g/mol. The van der Waals surface area contributed by atoms with Crippen LogP contribution in [0.4, 0.5) is 0 Å². The van der Waals surface area contributed by atoms with Gasteiger partial charge in [-0.15, -0.1) is 0 Å². The molecular formula is C10H9ClO2. The quantitative estimate of drug-likeness (QED) is 0.548. The molecule has 0 aromatic heterocycles. The molecule has 0 saturated heterocycles. The van der Waals surface area contributed by atoms with Gasteiger partial charge in [0.05, 0.1) is 0 Å². The zero-order chi connectivity index (χ0) is 9.68. The molecule has 1 rings (SSSR count). The molecule has 0 fully saturated rings. The second-order valence-electron chi connectivity index (χ2n) is 2.64. The lowest BCUT2D eigenvalue weighted by molar-refractivity contribution is -0.107. The van der Waals surface area contributed by atoms with Crippen molar-refractivity contribution >= 4 is 23.7 Å². The van der Waals surface area contributed by atoms with Crippen molar-refractivity contribution in [1.82, 2.24) is 0 Å². The Bertz CT molecular complexity index is 320. The van der Waals surface area contributed by atoms with Gasteiger partial charge < -0.3 is 4.79 Å². The zero-order valence-corrected chi connectivity index (χ0v) is 7.75. The molecule has 2 nitrogen and oxygen atoms in total. The number of carbonyl (C=O) groups excluding carboxylic acids is 2. The first-order valence-corrected chi connectivity index (χ1v) is 4.34. The fourth-order valence-corrected chi connectivity index (χ4v) is 1.19. The topological polar surface area (TPSA) is 34.1 Å². The van der Waals surface area contributed by atoms with E-state index in [1.807, 2.05) is 0 Å². The van der Waals surface area contributed by atoms with Crippen LogP contribution >= 0.6 is 11.6 Å². The maximum Gasteiger partial charge on any atom is 0.163 e. The third kappa shape index (κ3) is 2.99. The maximum atomic E-state index is 11.3. The summed E-state index contributed by atoms with van der Waals surface area (Å²) in [5, 5.41) is 0.539. The highest BCUT2D eigenvalue weighted by atomic mass is 35.5.